The molecule has 0 aliphatic rings. The molecule has 1 heterocycles. The third-order valence-electron chi connectivity index (χ3n) is 3.30. The Hall–Kier alpha value is -2.57. The Kier molecular flexibility index (Phi) is 4.88. The van der Waals surface area contributed by atoms with E-state index in [0.29, 0.717) is 5.69 Å². The van der Waals surface area contributed by atoms with E-state index in [0.717, 1.165) is 10.5 Å². The number of nitrogens with zero attached hydrogens (tertiary/aromatic N) is 1. The van der Waals surface area contributed by atoms with Crippen LogP contribution < -0.4 is 5.56 Å². The summed E-state index contributed by atoms with van der Waals surface area (Å²) < 4.78 is 36.6. The molecule has 0 saturated heterocycles. The Bertz CT molecular complexity index is 739. The number of halogens is 3. The topological polar surface area (TPSA) is 53.2 Å². The fraction of sp³-hybridized carbons (Fsp3) is 0.250. The van der Waals surface area contributed by atoms with Crippen LogP contribution in [0.25, 0.3) is 11.3 Å². The Morgan fingerprint density at radius 3 is 2.35 bits per heavy atom. The van der Waals surface area contributed by atoms with Crippen molar-refractivity contribution in [1.82, 2.24) is 9.88 Å². The van der Waals surface area contributed by atoms with Crippen LogP contribution in [0.2, 0.25) is 0 Å². The van der Waals surface area contributed by atoms with Crippen molar-refractivity contribution in [2.24, 2.45) is 0 Å². The molecule has 0 unspecified atom stereocenters. The van der Waals surface area contributed by atoms with Crippen molar-refractivity contribution in [3.05, 3.63) is 58.4 Å². The maximum Gasteiger partial charge on any atom is 0.390 e. The molecule has 1 aromatic heterocycles. The molecule has 4 nitrogen and oxygen atoms in total. The molecule has 2 rings (SSSR count). The van der Waals surface area contributed by atoms with E-state index < -0.39 is 30.6 Å². The van der Waals surface area contributed by atoms with Gasteiger partial charge in [-0.2, -0.15) is 13.2 Å². The van der Waals surface area contributed by atoms with Gasteiger partial charge in [0.05, 0.1) is 6.42 Å². The zero-order valence-corrected chi connectivity index (χ0v) is 12.4. The average Bonchev–Trinajstić information content (AvgIpc) is 2.52. The van der Waals surface area contributed by atoms with Crippen LogP contribution in [0.5, 0.6) is 0 Å². The summed E-state index contributed by atoms with van der Waals surface area (Å²) in [7, 11) is 1.23. The maximum atomic E-state index is 12.2. The van der Waals surface area contributed by atoms with E-state index in [9.17, 15) is 22.8 Å². The lowest BCUT2D eigenvalue weighted by Gasteiger charge is -2.17. The van der Waals surface area contributed by atoms with Crippen molar-refractivity contribution >= 4 is 5.91 Å². The van der Waals surface area contributed by atoms with Crippen molar-refractivity contribution in [2.45, 2.75) is 12.6 Å². The van der Waals surface area contributed by atoms with Gasteiger partial charge in [-0.1, -0.05) is 30.3 Å². The summed E-state index contributed by atoms with van der Waals surface area (Å²) in [5.41, 5.74) is 0.490. The number of hydrogen-bond acceptors (Lipinski definition) is 2. The van der Waals surface area contributed by atoms with E-state index in [2.05, 4.69) is 4.98 Å². The first kappa shape index (κ1) is 16.8. The predicted molar refractivity (Wildman–Crippen MR) is 80.1 cm³/mol. The summed E-state index contributed by atoms with van der Waals surface area (Å²) in [4.78, 5) is 27.6. The number of hydrogen-bond donors (Lipinski definition) is 1. The van der Waals surface area contributed by atoms with E-state index in [1.807, 2.05) is 6.07 Å². The van der Waals surface area contributed by atoms with Crippen LogP contribution >= 0.6 is 0 Å². The summed E-state index contributed by atoms with van der Waals surface area (Å²) in [5.74, 6) is -0.741. The molecule has 0 fully saturated rings. The second-order valence-corrected chi connectivity index (χ2v) is 5.07. The van der Waals surface area contributed by atoms with Gasteiger partial charge < -0.3 is 9.88 Å². The molecule has 0 aliphatic heterocycles. The van der Waals surface area contributed by atoms with Crippen LogP contribution in [0.1, 0.15) is 16.8 Å². The fourth-order valence-corrected chi connectivity index (χ4v) is 2.03. The molecule has 23 heavy (non-hydrogen) atoms. The molecule has 1 N–H and O–H groups in total. The Labute approximate surface area is 130 Å². The number of nitrogens with one attached hydrogen (secondary N) is 1. The number of aromatic nitrogens is 1. The number of alkyl halides is 3. The highest BCUT2D eigenvalue weighted by molar-refractivity contribution is 5.93. The number of amides is 1. The van der Waals surface area contributed by atoms with Gasteiger partial charge in [0.15, 0.2) is 0 Å². The smallest absolute Gasteiger partial charge is 0.341 e. The van der Waals surface area contributed by atoms with Gasteiger partial charge >= 0.3 is 6.18 Å². The van der Waals surface area contributed by atoms with Crippen molar-refractivity contribution in [3.8, 4) is 11.3 Å². The first-order chi connectivity index (χ1) is 10.8. The molecular weight excluding hydrogens is 309 g/mol. The molecule has 0 aliphatic carbocycles. The van der Waals surface area contributed by atoms with E-state index in [1.54, 1.807) is 30.3 Å². The monoisotopic (exact) mass is 324 g/mol. The van der Waals surface area contributed by atoms with Gasteiger partial charge in [-0.15, -0.1) is 0 Å². The molecule has 0 radical (unpaired) electrons. The molecule has 7 heteroatoms. The second-order valence-electron chi connectivity index (χ2n) is 5.07. The van der Waals surface area contributed by atoms with Crippen molar-refractivity contribution in [1.29, 1.82) is 0 Å². The molecular formula is C16H15F3N2O2. The van der Waals surface area contributed by atoms with Crippen molar-refractivity contribution in [3.63, 3.8) is 0 Å². The third kappa shape index (κ3) is 4.45. The van der Waals surface area contributed by atoms with Crippen LogP contribution in [0.3, 0.4) is 0 Å². The molecule has 0 saturated carbocycles. The Morgan fingerprint density at radius 1 is 1.13 bits per heavy atom. The minimum Gasteiger partial charge on any atom is -0.341 e. The zero-order chi connectivity index (χ0) is 17.0. The first-order valence-electron chi connectivity index (χ1n) is 6.89. The number of aromatic amines is 1. The van der Waals surface area contributed by atoms with Crippen LogP contribution in [-0.2, 0) is 0 Å². The first-order valence-corrected chi connectivity index (χ1v) is 6.89. The summed E-state index contributed by atoms with van der Waals surface area (Å²) in [5, 5.41) is 0. The second kappa shape index (κ2) is 6.68. The van der Waals surface area contributed by atoms with Gasteiger partial charge in [-0.3, -0.25) is 9.59 Å². The van der Waals surface area contributed by atoms with Gasteiger partial charge in [0.2, 0.25) is 0 Å². The number of rotatable bonds is 4. The average molecular weight is 324 g/mol. The van der Waals surface area contributed by atoms with E-state index in [1.165, 1.54) is 13.1 Å². The minimum absolute atomic E-state index is 0.186. The van der Waals surface area contributed by atoms with Gasteiger partial charge in [0.25, 0.3) is 11.5 Å². The highest BCUT2D eigenvalue weighted by Crippen LogP contribution is 2.20. The number of carbonyl (C=O) groups excluding carboxylic acids is 1. The van der Waals surface area contributed by atoms with Gasteiger partial charge in [0, 0.05) is 19.3 Å². The molecule has 2 aromatic rings. The van der Waals surface area contributed by atoms with Crippen LogP contribution in [-0.4, -0.2) is 35.6 Å². The quantitative estimate of drug-likeness (QED) is 0.940. The molecule has 0 bridgehead atoms. The summed E-state index contributed by atoms with van der Waals surface area (Å²) in [6.07, 6.45) is -5.46. The van der Waals surface area contributed by atoms with Crippen molar-refractivity contribution in [2.75, 3.05) is 13.6 Å². The normalized spacial score (nSPS) is 11.3. The highest BCUT2D eigenvalue weighted by Gasteiger charge is 2.28. The summed E-state index contributed by atoms with van der Waals surface area (Å²) in [6, 6.07) is 11.9. The summed E-state index contributed by atoms with van der Waals surface area (Å²) >= 11 is 0. The standard InChI is InChI=1S/C16H15F3N2O2/c1-21(10-9-16(17,18)19)15(23)12-7-8-13(20-14(12)22)11-5-3-2-4-6-11/h2-8H,9-10H2,1H3,(H,20,22). The molecule has 1 amide bonds. The predicted octanol–water partition coefficient (Wildman–Crippen LogP) is 3.07. The van der Waals surface area contributed by atoms with Gasteiger partial charge in [-0.05, 0) is 17.7 Å². The SMILES string of the molecule is CN(CCC(F)(F)F)C(=O)c1ccc(-c2ccccc2)[nH]c1=O. The largest absolute Gasteiger partial charge is 0.390 e. The lowest BCUT2D eigenvalue weighted by Crippen LogP contribution is -2.34. The van der Waals surface area contributed by atoms with Crippen LogP contribution in [0.4, 0.5) is 13.2 Å². The number of pyridine rings is 1. The Morgan fingerprint density at radius 2 is 1.78 bits per heavy atom. The number of H-pyrrole nitrogens is 1. The van der Waals surface area contributed by atoms with Crippen molar-refractivity contribution < 1.29 is 18.0 Å². The number of carbonyl (C=O) groups is 1. The van der Waals surface area contributed by atoms with E-state index >= 15 is 0 Å². The Balaban J connectivity index is 2.18. The summed E-state index contributed by atoms with van der Waals surface area (Å²) in [6.45, 7) is -0.498. The van der Waals surface area contributed by atoms with E-state index in [-0.39, 0.29) is 5.56 Å². The van der Waals surface area contributed by atoms with Crippen LogP contribution in [0, 0.1) is 0 Å². The lowest BCUT2D eigenvalue weighted by molar-refractivity contribution is -0.136. The third-order valence-corrected chi connectivity index (χ3v) is 3.30. The molecule has 122 valence electrons. The molecule has 0 atom stereocenters. The lowest BCUT2D eigenvalue weighted by atomic mass is 10.1. The number of benzene rings is 1. The minimum atomic E-state index is -4.35. The molecule has 1 aromatic carbocycles. The van der Waals surface area contributed by atoms with Crippen LogP contribution in [0.15, 0.2) is 47.3 Å². The highest BCUT2D eigenvalue weighted by atomic mass is 19.4. The molecule has 0 spiro atoms. The zero-order valence-electron chi connectivity index (χ0n) is 12.4. The van der Waals surface area contributed by atoms with Gasteiger partial charge in [-0.25, -0.2) is 0 Å². The van der Waals surface area contributed by atoms with E-state index in [4.69, 9.17) is 0 Å². The van der Waals surface area contributed by atoms with Gasteiger partial charge in [0.1, 0.15) is 5.56 Å². The maximum absolute atomic E-state index is 12.2. The fourth-order valence-electron chi connectivity index (χ4n) is 2.03.